The van der Waals surface area contributed by atoms with Crippen molar-refractivity contribution in [2.75, 3.05) is 7.05 Å². The van der Waals surface area contributed by atoms with E-state index in [1.54, 1.807) is 0 Å². The molecule has 0 amide bonds. The lowest BCUT2D eigenvalue weighted by Crippen LogP contribution is -2.47. The Hall–Kier alpha value is -1.02. The molecule has 1 saturated carbocycles. The average molecular weight is 275 g/mol. The van der Waals surface area contributed by atoms with E-state index < -0.39 is 0 Å². The summed E-state index contributed by atoms with van der Waals surface area (Å²) in [6.45, 7) is 9.13. The minimum absolute atomic E-state index is 0.272. The van der Waals surface area contributed by atoms with Crippen LogP contribution in [0, 0.1) is 5.41 Å². The molecule has 2 nitrogen and oxygen atoms in total. The zero-order chi connectivity index (χ0) is 14.8. The molecule has 0 aromatic heterocycles. The molecule has 0 heterocycles. The van der Waals surface area contributed by atoms with E-state index in [1.807, 2.05) is 7.05 Å². The van der Waals surface area contributed by atoms with E-state index in [4.69, 9.17) is 4.74 Å². The quantitative estimate of drug-likeness (QED) is 0.881. The Kier molecular flexibility index (Phi) is 4.74. The minimum Gasteiger partial charge on any atom is -0.489 e. The van der Waals surface area contributed by atoms with Crippen molar-refractivity contribution < 1.29 is 4.74 Å². The number of likely N-dealkylation sites (N-methyl/N-ethyl adjacent to an activating group) is 1. The van der Waals surface area contributed by atoms with Crippen LogP contribution in [-0.2, 0) is 0 Å². The molecule has 1 aromatic carbocycles. The van der Waals surface area contributed by atoms with Gasteiger partial charge in [0, 0.05) is 6.04 Å². The molecule has 1 N–H and O–H groups in total. The summed E-state index contributed by atoms with van der Waals surface area (Å²) in [4.78, 5) is 0. The summed E-state index contributed by atoms with van der Waals surface area (Å²) in [6.07, 6.45) is 3.85. The smallest absolute Gasteiger partial charge is 0.119 e. The van der Waals surface area contributed by atoms with Crippen molar-refractivity contribution in [1.82, 2.24) is 5.32 Å². The van der Waals surface area contributed by atoms with Gasteiger partial charge in [-0.15, -0.1) is 0 Å². The Morgan fingerprint density at radius 2 is 1.85 bits per heavy atom. The monoisotopic (exact) mass is 275 g/mol. The van der Waals surface area contributed by atoms with E-state index in [0.29, 0.717) is 17.4 Å². The molecule has 2 unspecified atom stereocenters. The molecule has 0 aliphatic heterocycles. The molecule has 2 atom stereocenters. The molecule has 1 aliphatic rings. The molecule has 1 fully saturated rings. The van der Waals surface area contributed by atoms with Crippen LogP contribution < -0.4 is 10.1 Å². The number of hydrogen-bond donors (Lipinski definition) is 1. The Morgan fingerprint density at radius 1 is 1.20 bits per heavy atom. The Morgan fingerprint density at radius 3 is 2.40 bits per heavy atom. The fourth-order valence-electron chi connectivity index (χ4n) is 3.08. The van der Waals surface area contributed by atoms with E-state index in [1.165, 1.54) is 18.4 Å². The summed E-state index contributed by atoms with van der Waals surface area (Å²) in [5.74, 6) is 1.57. The third kappa shape index (κ3) is 3.76. The lowest BCUT2D eigenvalue weighted by Gasteiger charge is -2.40. The van der Waals surface area contributed by atoms with Crippen LogP contribution in [0.3, 0.4) is 0 Å². The maximum Gasteiger partial charge on any atom is 0.119 e. The van der Waals surface area contributed by atoms with Gasteiger partial charge in [-0.05, 0) is 55.3 Å². The Labute approximate surface area is 123 Å². The van der Waals surface area contributed by atoms with Gasteiger partial charge >= 0.3 is 0 Å². The number of ether oxygens (including phenoxy) is 1. The van der Waals surface area contributed by atoms with Crippen LogP contribution in [0.15, 0.2) is 24.3 Å². The minimum atomic E-state index is 0.272. The third-order valence-corrected chi connectivity index (χ3v) is 4.54. The highest BCUT2D eigenvalue weighted by Gasteiger charge is 2.35. The standard InChI is InChI=1S/C18H29NO/c1-13(2)14-6-8-15(9-7-14)20-17-12-18(3,4)11-10-16(17)19-5/h6-9,13,16-17,19H,10-12H2,1-5H3. The molecule has 2 rings (SSSR count). The highest BCUT2D eigenvalue weighted by atomic mass is 16.5. The lowest BCUT2D eigenvalue weighted by molar-refractivity contribution is 0.0559. The molecule has 0 spiro atoms. The van der Waals surface area contributed by atoms with Gasteiger partial charge in [0.05, 0.1) is 0 Å². The summed E-state index contributed by atoms with van der Waals surface area (Å²) in [7, 11) is 2.04. The second-order valence-corrected chi connectivity index (χ2v) is 7.18. The number of hydrogen-bond acceptors (Lipinski definition) is 2. The van der Waals surface area contributed by atoms with Crippen LogP contribution in [0.5, 0.6) is 5.75 Å². The first-order valence-corrected chi connectivity index (χ1v) is 7.85. The largest absolute Gasteiger partial charge is 0.489 e. The third-order valence-electron chi connectivity index (χ3n) is 4.54. The molecule has 20 heavy (non-hydrogen) atoms. The Bertz CT molecular complexity index is 422. The molecular weight excluding hydrogens is 246 g/mol. The predicted octanol–water partition coefficient (Wildman–Crippen LogP) is 4.36. The fourth-order valence-corrected chi connectivity index (χ4v) is 3.08. The molecular formula is C18H29NO. The van der Waals surface area contributed by atoms with Gasteiger partial charge in [0.2, 0.25) is 0 Å². The summed E-state index contributed by atoms with van der Waals surface area (Å²) in [5, 5.41) is 3.42. The molecule has 0 saturated heterocycles. The summed E-state index contributed by atoms with van der Waals surface area (Å²) >= 11 is 0. The van der Waals surface area contributed by atoms with Crippen LogP contribution >= 0.6 is 0 Å². The van der Waals surface area contributed by atoms with Gasteiger partial charge in [-0.2, -0.15) is 0 Å². The summed E-state index contributed by atoms with van der Waals surface area (Å²) in [6, 6.07) is 9.06. The normalized spacial score (nSPS) is 25.7. The van der Waals surface area contributed by atoms with Crippen molar-refractivity contribution in [2.24, 2.45) is 5.41 Å². The van der Waals surface area contributed by atoms with E-state index in [9.17, 15) is 0 Å². The fraction of sp³-hybridized carbons (Fsp3) is 0.667. The van der Waals surface area contributed by atoms with Gasteiger partial charge in [-0.1, -0.05) is 39.8 Å². The van der Waals surface area contributed by atoms with Crippen LogP contribution in [0.1, 0.15) is 58.4 Å². The van der Waals surface area contributed by atoms with Gasteiger partial charge in [-0.3, -0.25) is 0 Å². The van der Waals surface area contributed by atoms with Crippen molar-refractivity contribution in [1.29, 1.82) is 0 Å². The van der Waals surface area contributed by atoms with Gasteiger partial charge in [0.25, 0.3) is 0 Å². The highest BCUT2D eigenvalue weighted by molar-refractivity contribution is 5.29. The first-order valence-electron chi connectivity index (χ1n) is 7.85. The summed E-state index contributed by atoms with van der Waals surface area (Å²) < 4.78 is 6.27. The second kappa shape index (κ2) is 6.17. The number of nitrogens with one attached hydrogen (secondary N) is 1. The SMILES string of the molecule is CNC1CCC(C)(C)CC1Oc1ccc(C(C)C)cc1. The van der Waals surface area contributed by atoms with Gasteiger partial charge < -0.3 is 10.1 Å². The van der Waals surface area contributed by atoms with Crippen molar-refractivity contribution in [3.8, 4) is 5.75 Å². The van der Waals surface area contributed by atoms with Gasteiger partial charge in [0.1, 0.15) is 11.9 Å². The topological polar surface area (TPSA) is 21.3 Å². The van der Waals surface area contributed by atoms with Gasteiger partial charge in [-0.25, -0.2) is 0 Å². The van der Waals surface area contributed by atoms with E-state index in [2.05, 4.69) is 57.3 Å². The maximum atomic E-state index is 6.27. The summed E-state index contributed by atoms with van der Waals surface area (Å²) in [5.41, 5.74) is 1.75. The predicted molar refractivity (Wildman–Crippen MR) is 85.4 cm³/mol. The zero-order valence-corrected chi connectivity index (χ0v) is 13.6. The first kappa shape index (κ1) is 15.4. The molecule has 112 valence electrons. The number of benzene rings is 1. The van der Waals surface area contributed by atoms with E-state index in [0.717, 1.165) is 12.2 Å². The van der Waals surface area contributed by atoms with Crippen molar-refractivity contribution in [2.45, 2.75) is 65.0 Å². The zero-order valence-electron chi connectivity index (χ0n) is 13.6. The second-order valence-electron chi connectivity index (χ2n) is 7.18. The lowest BCUT2D eigenvalue weighted by atomic mass is 9.74. The van der Waals surface area contributed by atoms with Crippen LogP contribution in [-0.4, -0.2) is 19.2 Å². The van der Waals surface area contributed by atoms with Crippen molar-refractivity contribution in [3.63, 3.8) is 0 Å². The molecule has 0 radical (unpaired) electrons. The van der Waals surface area contributed by atoms with E-state index in [-0.39, 0.29) is 6.10 Å². The highest BCUT2D eigenvalue weighted by Crippen LogP contribution is 2.37. The van der Waals surface area contributed by atoms with Crippen LogP contribution in [0.4, 0.5) is 0 Å². The average Bonchev–Trinajstić information content (AvgIpc) is 2.38. The molecule has 1 aromatic rings. The van der Waals surface area contributed by atoms with Crippen LogP contribution in [0.2, 0.25) is 0 Å². The van der Waals surface area contributed by atoms with Crippen molar-refractivity contribution in [3.05, 3.63) is 29.8 Å². The Balaban J connectivity index is 2.06. The maximum absolute atomic E-state index is 6.27. The van der Waals surface area contributed by atoms with Crippen molar-refractivity contribution >= 4 is 0 Å². The number of rotatable bonds is 4. The van der Waals surface area contributed by atoms with E-state index >= 15 is 0 Å². The molecule has 1 aliphatic carbocycles. The molecule has 0 bridgehead atoms. The van der Waals surface area contributed by atoms with Gasteiger partial charge in [0.15, 0.2) is 0 Å². The first-order chi connectivity index (χ1) is 9.41. The van der Waals surface area contributed by atoms with Crippen LogP contribution in [0.25, 0.3) is 0 Å². The molecule has 2 heteroatoms.